The van der Waals surface area contributed by atoms with Crippen molar-refractivity contribution in [1.29, 1.82) is 0 Å². The standard InChI is InChI=1S/C21H25BrF2O2/c1-11(25)12-4-5-13-14-8-17(23)15-9-18(26)16(22)10-20(15,3)21(14,24)7-6-19(12,13)2/h9-10,12-14,17H,4-8H2,1-3H3/t12-,13+,14+,17-,19-,20+,21-/m1/s1. The van der Waals surface area contributed by atoms with E-state index in [-0.39, 0.29) is 40.8 Å². The van der Waals surface area contributed by atoms with Crippen LogP contribution in [0, 0.1) is 28.6 Å². The van der Waals surface area contributed by atoms with E-state index in [0.717, 1.165) is 12.8 Å². The summed E-state index contributed by atoms with van der Waals surface area (Å²) in [4.78, 5) is 24.2. The number of halogens is 3. The van der Waals surface area contributed by atoms with E-state index < -0.39 is 23.2 Å². The number of Topliss-reactive ketones (excluding diaryl/α,β-unsaturated/α-hetero) is 1. The monoisotopic (exact) mass is 426 g/mol. The minimum absolute atomic E-state index is 0.0107. The van der Waals surface area contributed by atoms with Gasteiger partial charge in [-0.15, -0.1) is 0 Å². The Balaban J connectivity index is 1.81. The maximum absolute atomic E-state index is 16.7. The zero-order valence-electron chi connectivity index (χ0n) is 15.5. The molecular formula is C21H25BrF2O2. The van der Waals surface area contributed by atoms with Gasteiger partial charge < -0.3 is 0 Å². The molecule has 0 unspecified atom stereocenters. The van der Waals surface area contributed by atoms with Crippen LogP contribution in [0.1, 0.15) is 52.9 Å². The molecule has 4 aliphatic rings. The molecule has 0 radical (unpaired) electrons. The van der Waals surface area contributed by atoms with Crippen LogP contribution in [0.2, 0.25) is 0 Å². The van der Waals surface area contributed by atoms with Gasteiger partial charge in [0.15, 0.2) is 5.78 Å². The Morgan fingerprint density at radius 3 is 2.58 bits per heavy atom. The van der Waals surface area contributed by atoms with E-state index in [1.165, 1.54) is 6.08 Å². The van der Waals surface area contributed by atoms with E-state index in [1.807, 2.05) is 0 Å². The van der Waals surface area contributed by atoms with Crippen LogP contribution in [-0.2, 0) is 9.59 Å². The minimum atomic E-state index is -1.59. The average Bonchev–Trinajstić information content (AvgIpc) is 2.90. The number of rotatable bonds is 1. The lowest BCUT2D eigenvalue weighted by Crippen LogP contribution is -2.62. The van der Waals surface area contributed by atoms with Crippen molar-refractivity contribution < 1.29 is 18.4 Å². The van der Waals surface area contributed by atoms with Crippen LogP contribution in [0.25, 0.3) is 0 Å². The molecule has 4 aliphatic carbocycles. The van der Waals surface area contributed by atoms with Gasteiger partial charge in [-0.1, -0.05) is 13.0 Å². The molecular weight excluding hydrogens is 402 g/mol. The Morgan fingerprint density at radius 1 is 1.23 bits per heavy atom. The van der Waals surface area contributed by atoms with Crippen molar-refractivity contribution >= 4 is 27.5 Å². The van der Waals surface area contributed by atoms with Crippen LogP contribution >= 0.6 is 15.9 Å². The number of alkyl halides is 2. The highest BCUT2D eigenvalue weighted by atomic mass is 79.9. The number of carbonyl (C=O) groups excluding carboxylic acids is 2. The first-order chi connectivity index (χ1) is 12.0. The van der Waals surface area contributed by atoms with Crippen LogP contribution in [-0.4, -0.2) is 23.4 Å². The Labute approximate surface area is 161 Å². The van der Waals surface area contributed by atoms with Crippen molar-refractivity contribution in [3.05, 3.63) is 22.2 Å². The van der Waals surface area contributed by atoms with Crippen LogP contribution in [0.15, 0.2) is 22.2 Å². The smallest absolute Gasteiger partial charge is 0.192 e. The molecule has 26 heavy (non-hydrogen) atoms. The Hall–Kier alpha value is -0.840. The molecule has 0 aliphatic heterocycles. The van der Waals surface area contributed by atoms with Gasteiger partial charge >= 0.3 is 0 Å². The second-order valence-corrected chi connectivity index (χ2v) is 10.0. The predicted octanol–water partition coefficient (Wildman–Crippen LogP) is 5.26. The summed E-state index contributed by atoms with van der Waals surface area (Å²) in [6.07, 6.45) is 4.19. The number of fused-ring (bicyclic) bond motifs is 5. The summed E-state index contributed by atoms with van der Waals surface area (Å²) < 4.78 is 32.1. The second kappa shape index (κ2) is 5.59. The SMILES string of the molecule is CC(=O)[C@H]1CC[C@H]2[C@@H]3C[C@@H](F)C4=CC(=O)C(Br)=C[C@]4(C)[C@@]3(F)CC[C@]12C. The molecule has 7 atom stereocenters. The lowest BCUT2D eigenvalue weighted by Gasteiger charge is -2.60. The molecule has 0 heterocycles. The maximum Gasteiger partial charge on any atom is 0.192 e. The van der Waals surface area contributed by atoms with Crippen LogP contribution in [0.5, 0.6) is 0 Å². The molecule has 5 heteroatoms. The quantitative estimate of drug-likeness (QED) is 0.572. The van der Waals surface area contributed by atoms with E-state index in [9.17, 15) is 9.59 Å². The van der Waals surface area contributed by atoms with Gasteiger partial charge in [0, 0.05) is 17.3 Å². The van der Waals surface area contributed by atoms with Crippen LogP contribution in [0.3, 0.4) is 0 Å². The number of allylic oxidation sites excluding steroid dienone is 4. The summed E-state index contributed by atoms with van der Waals surface area (Å²) in [5, 5.41) is 0. The first-order valence-electron chi connectivity index (χ1n) is 9.53. The maximum atomic E-state index is 16.7. The number of ketones is 2. The molecule has 0 bridgehead atoms. The topological polar surface area (TPSA) is 34.1 Å². The first kappa shape index (κ1) is 18.5. The zero-order chi connectivity index (χ0) is 19.1. The Bertz CT molecular complexity index is 759. The van der Waals surface area contributed by atoms with Gasteiger partial charge in [0.1, 0.15) is 17.6 Å². The predicted molar refractivity (Wildman–Crippen MR) is 99.3 cm³/mol. The van der Waals surface area contributed by atoms with Crippen molar-refractivity contribution in [2.45, 2.75) is 64.7 Å². The van der Waals surface area contributed by atoms with Gasteiger partial charge in [0.05, 0.1) is 4.48 Å². The number of carbonyl (C=O) groups is 2. The molecule has 0 aromatic carbocycles. The van der Waals surface area contributed by atoms with Gasteiger partial charge in [-0.25, -0.2) is 8.78 Å². The van der Waals surface area contributed by atoms with E-state index in [2.05, 4.69) is 22.9 Å². The van der Waals surface area contributed by atoms with Crippen molar-refractivity contribution in [3.8, 4) is 0 Å². The fourth-order valence-electron chi connectivity index (χ4n) is 6.80. The lowest BCUT2D eigenvalue weighted by molar-refractivity contribution is -0.146. The summed E-state index contributed by atoms with van der Waals surface area (Å²) in [7, 11) is 0. The van der Waals surface area contributed by atoms with Gasteiger partial charge in [-0.3, -0.25) is 9.59 Å². The summed E-state index contributed by atoms with van der Waals surface area (Å²) in [6, 6.07) is 0. The second-order valence-electron chi connectivity index (χ2n) is 9.18. The molecule has 0 amide bonds. The number of hydrogen-bond donors (Lipinski definition) is 0. The fraction of sp³-hybridized carbons (Fsp3) is 0.714. The van der Waals surface area contributed by atoms with E-state index in [1.54, 1.807) is 19.9 Å². The van der Waals surface area contributed by atoms with Gasteiger partial charge in [-0.2, -0.15) is 0 Å². The van der Waals surface area contributed by atoms with E-state index in [4.69, 9.17) is 0 Å². The van der Waals surface area contributed by atoms with Gasteiger partial charge in [-0.05, 0) is 84.9 Å². The molecule has 0 aromatic rings. The van der Waals surface area contributed by atoms with Crippen molar-refractivity contribution in [1.82, 2.24) is 0 Å². The van der Waals surface area contributed by atoms with Crippen molar-refractivity contribution in [3.63, 3.8) is 0 Å². The summed E-state index contributed by atoms with van der Waals surface area (Å²) >= 11 is 3.24. The molecule has 3 saturated carbocycles. The molecule has 4 rings (SSSR count). The van der Waals surface area contributed by atoms with Crippen molar-refractivity contribution in [2.75, 3.05) is 0 Å². The third-order valence-electron chi connectivity index (χ3n) is 8.20. The summed E-state index contributed by atoms with van der Waals surface area (Å²) in [5.41, 5.74) is -2.65. The van der Waals surface area contributed by atoms with E-state index in [0.29, 0.717) is 17.3 Å². The van der Waals surface area contributed by atoms with Gasteiger partial charge in [0.25, 0.3) is 0 Å². The summed E-state index contributed by atoms with van der Waals surface area (Å²) in [6.45, 7) is 5.47. The molecule has 3 fully saturated rings. The highest BCUT2D eigenvalue weighted by Gasteiger charge is 2.68. The van der Waals surface area contributed by atoms with Crippen LogP contribution in [0.4, 0.5) is 8.78 Å². The normalized spacial score (nSPS) is 50.3. The molecule has 0 N–H and O–H groups in total. The average molecular weight is 427 g/mol. The van der Waals surface area contributed by atoms with Crippen LogP contribution < -0.4 is 0 Å². The molecule has 0 saturated heterocycles. The third-order valence-corrected chi connectivity index (χ3v) is 8.82. The van der Waals surface area contributed by atoms with Crippen molar-refractivity contribution in [2.24, 2.45) is 28.6 Å². The largest absolute Gasteiger partial charge is 0.300 e. The highest BCUT2D eigenvalue weighted by Crippen LogP contribution is 2.69. The Kier molecular flexibility index (Phi) is 3.98. The van der Waals surface area contributed by atoms with E-state index >= 15 is 8.78 Å². The first-order valence-corrected chi connectivity index (χ1v) is 10.3. The Morgan fingerprint density at radius 2 is 1.92 bits per heavy atom. The molecule has 2 nitrogen and oxygen atoms in total. The molecule has 0 spiro atoms. The van der Waals surface area contributed by atoms with Gasteiger partial charge in [0.2, 0.25) is 0 Å². The molecule has 142 valence electrons. The highest BCUT2D eigenvalue weighted by molar-refractivity contribution is 9.12. The number of hydrogen-bond acceptors (Lipinski definition) is 2. The molecule has 0 aromatic heterocycles. The minimum Gasteiger partial charge on any atom is -0.300 e. The fourth-order valence-corrected chi connectivity index (χ4v) is 7.37. The lowest BCUT2D eigenvalue weighted by atomic mass is 9.46. The third kappa shape index (κ3) is 2.12. The zero-order valence-corrected chi connectivity index (χ0v) is 17.0. The summed E-state index contributed by atoms with van der Waals surface area (Å²) in [5.74, 6) is -0.578.